The molecule has 0 atom stereocenters. The van der Waals surface area contributed by atoms with Gasteiger partial charge in [-0.25, -0.2) is 0 Å². The monoisotopic (exact) mass is 286 g/mol. The minimum absolute atomic E-state index is 0.155. The van der Waals surface area contributed by atoms with Gasteiger partial charge in [-0.3, -0.25) is 0 Å². The zero-order chi connectivity index (χ0) is 10.9. The van der Waals surface area contributed by atoms with Crippen LogP contribution in [0.3, 0.4) is 0 Å². The average Bonchev–Trinajstić information content (AvgIpc) is 2.06. The number of alkyl halides is 3. The molecule has 0 N–H and O–H groups in total. The quantitative estimate of drug-likeness (QED) is 0.774. The maximum absolute atomic E-state index is 12.4. The molecule has 1 nitrogen and oxygen atoms in total. The number of halogens is 4. The largest absolute Gasteiger partial charge is 0.496 e. The van der Waals surface area contributed by atoms with E-state index in [1.54, 1.807) is 0 Å². The van der Waals surface area contributed by atoms with Crippen LogP contribution >= 0.6 is 28.6 Å². The third kappa shape index (κ3) is 2.36. The smallest absolute Gasteiger partial charge is 0.417 e. The highest BCUT2D eigenvalue weighted by Crippen LogP contribution is 2.39. The molecule has 0 bridgehead atoms. The third-order valence-corrected chi connectivity index (χ3v) is 2.57. The van der Waals surface area contributed by atoms with Gasteiger partial charge in [0.2, 0.25) is 0 Å². The van der Waals surface area contributed by atoms with Crippen LogP contribution in [0.25, 0.3) is 0 Å². The van der Waals surface area contributed by atoms with Crippen molar-refractivity contribution in [3.05, 3.63) is 22.2 Å². The fourth-order valence-corrected chi connectivity index (χ4v) is 1.74. The average molecular weight is 287 g/mol. The predicted molar refractivity (Wildman–Crippen MR) is 52.9 cm³/mol. The van der Waals surface area contributed by atoms with Gasteiger partial charge in [0.15, 0.2) is 0 Å². The van der Waals surface area contributed by atoms with Crippen LogP contribution in [-0.4, -0.2) is 7.11 Å². The van der Waals surface area contributed by atoms with E-state index >= 15 is 0 Å². The van der Waals surface area contributed by atoms with Crippen molar-refractivity contribution in [2.24, 2.45) is 0 Å². The molecule has 0 fully saturated rings. The molecule has 0 unspecified atom stereocenters. The van der Waals surface area contributed by atoms with Gasteiger partial charge in [0.25, 0.3) is 0 Å². The maximum atomic E-state index is 12.4. The Kier molecular flexibility index (Phi) is 3.36. The summed E-state index contributed by atoms with van der Waals surface area (Å²) >= 11 is 6.72. The zero-order valence-corrected chi connectivity index (χ0v) is 9.50. The lowest BCUT2D eigenvalue weighted by Crippen LogP contribution is -2.06. The van der Waals surface area contributed by atoms with E-state index in [0.29, 0.717) is 5.75 Å². The molecule has 1 rings (SSSR count). The molecule has 0 aromatic heterocycles. The first kappa shape index (κ1) is 11.7. The van der Waals surface area contributed by atoms with E-state index in [1.807, 2.05) is 0 Å². The van der Waals surface area contributed by atoms with Gasteiger partial charge in [-0.05, 0) is 28.1 Å². The second kappa shape index (κ2) is 4.02. The molecule has 0 aliphatic rings. The number of hydrogen-bond acceptors (Lipinski definition) is 2. The van der Waals surface area contributed by atoms with Gasteiger partial charge in [-0.15, -0.1) is 12.6 Å². The van der Waals surface area contributed by atoms with Crippen LogP contribution in [0.15, 0.2) is 21.5 Å². The van der Waals surface area contributed by atoms with Gasteiger partial charge in [-0.2, -0.15) is 13.2 Å². The van der Waals surface area contributed by atoms with Crippen LogP contribution in [0, 0.1) is 0 Å². The molecule has 0 spiro atoms. The van der Waals surface area contributed by atoms with Crippen molar-refractivity contribution in [2.75, 3.05) is 7.11 Å². The molecule has 0 heterocycles. The van der Waals surface area contributed by atoms with Crippen LogP contribution in [0.2, 0.25) is 0 Å². The van der Waals surface area contributed by atoms with E-state index in [1.165, 1.54) is 13.2 Å². The minimum atomic E-state index is -4.40. The summed E-state index contributed by atoms with van der Waals surface area (Å²) in [5, 5.41) is 0. The minimum Gasteiger partial charge on any atom is -0.496 e. The SMILES string of the molecule is COc1cc(S)c(C(F)(F)F)cc1Br. The van der Waals surface area contributed by atoms with E-state index in [4.69, 9.17) is 4.74 Å². The summed E-state index contributed by atoms with van der Waals surface area (Å²) in [7, 11) is 1.38. The van der Waals surface area contributed by atoms with E-state index in [0.717, 1.165) is 6.07 Å². The van der Waals surface area contributed by atoms with E-state index in [9.17, 15) is 13.2 Å². The van der Waals surface area contributed by atoms with Crippen molar-refractivity contribution in [1.29, 1.82) is 0 Å². The highest BCUT2D eigenvalue weighted by atomic mass is 79.9. The van der Waals surface area contributed by atoms with Crippen LogP contribution in [-0.2, 0) is 6.18 Å². The molecule has 0 radical (unpaired) electrons. The van der Waals surface area contributed by atoms with Gasteiger partial charge in [0.05, 0.1) is 17.1 Å². The second-order valence-electron chi connectivity index (χ2n) is 2.50. The molecule has 78 valence electrons. The summed E-state index contributed by atoms with van der Waals surface area (Å²) in [6.45, 7) is 0. The molecular formula is C8H6BrF3OS. The van der Waals surface area contributed by atoms with Crippen molar-refractivity contribution in [3.63, 3.8) is 0 Å². The zero-order valence-electron chi connectivity index (χ0n) is 7.02. The molecule has 1 aromatic rings. The van der Waals surface area contributed by atoms with Gasteiger partial charge in [-0.1, -0.05) is 0 Å². The molecule has 6 heteroatoms. The Morgan fingerprint density at radius 1 is 1.36 bits per heavy atom. The fourth-order valence-electron chi connectivity index (χ4n) is 0.926. The van der Waals surface area contributed by atoms with Crippen molar-refractivity contribution in [2.45, 2.75) is 11.1 Å². The molecule has 1 aromatic carbocycles. The van der Waals surface area contributed by atoms with E-state index < -0.39 is 11.7 Å². The first-order valence-electron chi connectivity index (χ1n) is 3.50. The molecule has 0 aliphatic carbocycles. The van der Waals surface area contributed by atoms with Crippen molar-refractivity contribution >= 4 is 28.6 Å². The number of methoxy groups -OCH3 is 1. The Labute approximate surface area is 92.8 Å². The van der Waals surface area contributed by atoms with Gasteiger partial charge < -0.3 is 4.74 Å². The standard InChI is InChI=1S/C8H6BrF3OS/c1-13-6-3-7(14)4(2-5(6)9)8(10,11)12/h2-3,14H,1H3. The molecular weight excluding hydrogens is 281 g/mol. The number of hydrogen-bond donors (Lipinski definition) is 1. The molecule has 0 saturated heterocycles. The summed E-state index contributed by atoms with van der Waals surface area (Å²) < 4.78 is 42.1. The van der Waals surface area contributed by atoms with Gasteiger partial charge in [0, 0.05) is 4.90 Å². The summed E-state index contributed by atoms with van der Waals surface area (Å²) in [6.07, 6.45) is -4.40. The number of rotatable bonds is 1. The van der Waals surface area contributed by atoms with E-state index in [-0.39, 0.29) is 9.37 Å². The summed E-state index contributed by atoms with van der Waals surface area (Å²) in [5.74, 6) is 0.322. The highest BCUT2D eigenvalue weighted by Gasteiger charge is 2.33. The summed E-state index contributed by atoms with van der Waals surface area (Å²) in [4.78, 5) is -0.155. The first-order valence-corrected chi connectivity index (χ1v) is 4.74. The first-order chi connectivity index (χ1) is 6.36. The van der Waals surface area contributed by atoms with Gasteiger partial charge in [0.1, 0.15) is 5.75 Å². The van der Waals surface area contributed by atoms with Crippen LogP contribution in [0.5, 0.6) is 5.75 Å². The van der Waals surface area contributed by atoms with Crippen LogP contribution < -0.4 is 4.74 Å². The highest BCUT2D eigenvalue weighted by molar-refractivity contribution is 9.10. The predicted octanol–water partition coefficient (Wildman–Crippen LogP) is 3.77. The lowest BCUT2D eigenvalue weighted by molar-refractivity contribution is -0.139. The normalized spacial score (nSPS) is 11.6. The maximum Gasteiger partial charge on any atom is 0.417 e. The lowest BCUT2D eigenvalue weighted by Gasteiger charge is -2.12. The van der Waals surface area contributed by atoms with E-state index in [2.05, 4.69) is 28.6 Å². The Morgan fingerprint density at radius 3 is 2.36 bits per heavy atom. The van der Waals surface area contributed by atoms with Crippen LogP contribution in [0.1, 0.15) is 5.56 Å². The summed E-state index contributed by atoms with van der Waals surface area (Å²) in [5.41, 5.74) is -0.784. The van der Waals surface area contributed by atoms with Crippen LogP contribution in [0.4, 0.5) is 13.2 Å². The Balaban J connectivity index is 3.29. The lowest BCUT2D eigenvalue weighted by atomic mass is 10.2. The molecule has 14 heavy (non-hydrogen) atoms. The van der Waals surface area contributed by atoms with Crippen molar-refractivity contribution in [1.82, 2.24) is 0 Å². The third-order valence-electron chi connectivity index (χ3n) is 1.58. The van der Waals surface area contributed by atoms with Crippen molar-refractivity contribution < 1.29 is 17.9 Å². The molecule has 0 amide bonds. The molecule has 0 saturated carbocycles. The second-order valence-corrected chi connectivity index (χ2v) is 3.84. The Morgan fingerprint density at radius 2 is 1.93 bits per heavy atom. The number of ether oxygens (including phenoxy) is 1. The number of thiol groups is 1. The number of benzene rings is 1. The Hall–Kier alpha value is -0.360. The fraction of sp³-hybridized carbons (Fsp3) is 0.250. The summed E-state index contributed by atoms with van der Waals surface area (Å²) in [6, 6.07) is 2.16. The Bertz CT molecular complexity index is 351. The molecule has 0 aliphatic heterocycles. The topological polar surface area (TPSA) is 9.23 Å². The van der Waals surface area contributed by atoms with Crippen molar-refractivity contribution in [3.8, 4) is 5.75 Å². The van der Waals surface area contributed by atoms with Gasteiger partial charge >= 0.3 is 6.18 Å².